The zero-order chi connectivity index (χ0) is 10.8. The second-order valence-corrected chi connectivity index (χ2v) is 7.37. The summed E-state index contributed by atoms with van der Waals surface area (Å²) < 4.78 is 0. The second kappa shape index (κ2) is 2.81. The van der Waals surface area contributed by atoms with E-state index in [1.165, 1.54) is 19.3 Å². The number of rotatable bonds is 4. The molecule has 4 rings (SSSR count). The highest BCUT2D eigenvalue weighted by molar-refractivity contribution is 5.28. The second-order valence-electron chi connectivity index (χ2n) is 7.37. The average molecular weight is 206 g/mol. The summed E-state index contributed by atoms with van der Waals surface area (Å²) in [6, 6.07) is 0. The van der Waals surface area contributed by atoms with Crippen LogP contribution in [0, 0.1) is 34.5 Å². The van der Waals surface area contributed by atoms with E-state index in [9.17, 15) is 0 Å². The molecule has 0 amide bonds. The largest absolute Gasteiger partial charge is 0.0628 e. The monoisotopic (exact) mass is 206 g/mol. The van der Waals surface area contributed by atoms with Gasteiger partial charge in [0.15, 0.2) is 0 Å². The topological polar surface area (TPSA) is 0 Å². The van der Waals surface area contributed by atoms with E-state index < -0.39 is 0 Å². The molecule has 3 atom stereocenters. The van der Waals surface area contributed by atoms with Crippen molar-refractivity contribution < 1.29 is 0 Å². The first-order valence-electron chi connectivity index (χ1n) is 7.00. The molecule has 15 heavy (non-hydrogen) atoms. The molecule has 0 saturated heterocycles. The number of hydrogen-bond acceptors (Lipinski definition) is 0. The fourth-order valence-electron chi connectivity index (χ4n) is 5.38. The van der Waals surface area contributed by atoms with Gasteiger partial charge in [0.05, 0.1) is 0 Å². The highest BCUT2D eigenvalue weighted by atomic mass is 14.8. The maximum Gasteiger partial charge on any atom is -0.0207 e. The Hall–Kier alpha value is 0. The van der Waals surface area contributed by atoms with Crippen LogP contribution < -0.4 is 0 Å². The molecular formula is C15H26. The van der Waals surface area contributed by atoms with Crippen LogP contribution in [0.4, 0.5) is 0 Å². The lowest BCUT2D eigenvalue weighted by Crippen LogP contribution is -2.27. The minimum absolute atomic E-state index is 0.733. The van der Waals surface area contributed by atoms with Crippen LogP contribution in [-0.2, 0) is 0 Å². The summed E-state index contributed by atoms with van der Waals surface area (Å²) in [5.41, 5.74) is 1.52. The molecule has 0 aromatic rings. The first-order chi connectivity index (χ1) is 7.00. The normalized spacial score (nSPS) is 55.4. The fourth-order valence-corrected chi connectivity index (χ4v) is 5.38. The molecule has 4 aliphatic carbocycles. The Morgan fingerprint density at radius 2 is 1.73 bits per heavy atom. The zero-order valence-electron chi connectivity index (χ0n) is 10.8. The maximum atomic E-state index is 2.62. The minimum Gasteiger partial charge on any atom is -0.0628 e. The lowest BCUT2D eigenvalue weighted by atomic mass is 9.70. The number of hydrogen-bond donors (Lipinski definition) is 0. The average Bonchev–Trinajstić information content (AvgIpc) is 2.53. The van der Waals surface area contributed by atoms with Crippen molar-refractivity contribution in [3.8, 4) is 0 Å². The predicted molar refractivity (Wildman–Crippen MR) is 64.6 cm³/mol. The van der Waals surface area contributed by atoms with E-state index in [0.29, 0.717) is 0 Å². The molecule has 4 saturated carbocycles. The Kier molecular flexibility index (Phi) is 1.91. The van der Waals surface area contributed by atoms with E-state index in [0.717, 1.165) is 34.5 Å². The molecule has 0 heterocycles. The summed E-state index contributed by atoms with van der Waals surface area (Å²) in [6.45, 7) is 9.94. The van der Waals surface area contributed by atoms with E-state index in [-0.39, 0.29) is 0 Å². The molecule has 0 heteroatoms. The minimum atomic E-state index is 0.733. The standard InChI is InChI=1S/C15H26/c1-10(2)6-5-7-14(3)11-8-12-13(9-11)15(12,14)4/h10-13H,5-9H2,1-4H3. The molecule has 4 aliphatic rings. The van der Waals surface area contributed by atoms with Gasteiger partial charge in [-0.15, -0.1) is 0 Å². The van der Waals surface area contributed by atoms with Gasteiger partial charge < -0.3 is 0 Å². The van der Waals surface area contributed by atoms with Crippen LogP contribution in [0.15, 0.2) is 0 Å². The predicted octanol–water partition coefficient (Wildman–Crippen LogP) is 4.49. The van der Waals surface area contributed by atoms with Gasteiger partial charge >= 0.3 is 0 Å². The van der Waals surface area contributed by atoms with Gasteiger partial charge in [-0.25, -0.2) is 0 Å². The van der Waals surface area contributed by atoms with Crippen LogP contribution in [0.25, 0.3) is 0 Å². The van der Waals surface area contributed by atoms with Crippen LogP contribution >= 0.6 is 0 Å². The zero-order valence-corrected chi connectivity index (χ0v) is 10.8. The molecule has 0 N–H and O–H groups in total. The van der Waals surface area contributed by atoms with Crippen molar-refractivity contribution in [2.75, 3.05) is 0 Å². The van der Waals surface area contributed by atoms with E-state index in [1.54, 1.807) is 12.8 Å². The molecule has 0 radical (unpaired) electrons. The Labute approximate surface area is 94.8 Å². The van der Waals surface area contributed by atoms with Gasteiger partial charge in [0, 0.05) is 0 Å². The summed E-state index contributed by atoms with van der Waals surface area (Å²) in [6.07, 6.45) is 7.59. The van der Waals surface area contributed by atoms with E-state index in [4.69, 9.17) is 0 Å². The molecule has 0 nitrogen and oxygen atoms in total. The highest BCUT2D eigenvalue weighted by Crippen LogP contribution is 2.87. The molecule has 0 aromatic heterocycles. The van der Waals surface area contributed by atoms with Crippen LogP contribution in [0.1, 0.15) is 59.8 Å². The molecule has 4 fully saturated rings. The van der Waals surface area contributed by atoms with Crippen molar-refractivity contribution in [2.24, 2.45) is 34.5 Å². The smallest absolute Gasteiger partial charge is 0.0207 e. The van der Waals surface area contributed by atoms with Crippen molar-refractivity contribution >= 4 is 0 Å². The maximum absolute atomic E-state index is 2.62. The molecular weight excluding hydrogens is 180 g/mol. The lowest BCUT2D eigenvalue weighted by molar-refractivity contribution is 0.146. The molecule has 3 unspecified atom stereocenters. The van der Waals surface area contributed by atoms with Gasteiger partial charge in [0.1, 0.15) is 0 Å². The summed E-state index contributed by atoms with van der Waals surface area (Å²) in [5, 5.41) is 0. The molecule has 0 aliphatic heterocycles. The van der Waals surface area contributed by atoms with Crippen LogP contribution in [0.3, 0.4) is 0 Å². The van der Waals surface area contributed by atoms with Gasteiger partial charge in [0.2, 0.25) is 0 Å². The first kappa shape index (κ1) is 10.2. The Bertz CT molecular complexity index is 266. The van der Waals surface area contributed by atoms with Crippen molar-refractivity contribution in [3.05, 3.63) is 0 Å². The Morgan fingerprint density at radius 1 is 1.13 bits per heavy atom. The van der Waals surface area contributed by atoms with Crippen LogP contribution in [0.2, 0.25) is 0 Å². The van der Waals surface area contributed by atoms with Gasteiger partial charge in [-0.2, -0.15) is 0 Å². The molecule has 4 bridgehead atoms. The van der Waals surface area contributed by atoms with Crippen molar-refractivity contribution in [1.29, 1.82) is 0 Å². The third-order valence-electron chi connectivity index (χ3n) is 6.60. The molecule has 0 spiro atoms. The van der Waals surface area contributed by atoms with Gasteiger partial charge in [-0.05, 0) is 53.8 Å². The lowest BCUT2D eigenvalue weighted by Gasteiger charge is -2.34. The summed E-state index contributed by atoms with van der Waals surface area (Å²) in [4.78, 5) is 0. The SMILES string of the molecule is CC(C)CCCC1(C)C2CC3C(C2)C31C. The van der Waals surface area contributed by atoms with Gasteiger partial charge in [0.25, 0.3) is 0 Å². The Balaban J connectivity index is 1.66. The molecule has 0 aromatic carbocycles. The quantitative estimate of drug-likeness (QED) is 0.635. The van der Waals surface area contributed by atoms with Crippen molar-refractivity contribution in [3.63, 3.8) is 0 Å². The summed E-state index contributed by atoms with van der Waals surface area (Å²) in [5.74, 6) is 4.29. The van der Waals surface area contributed by atoms with Crippen molar-refractivity contribution in [1.82, 2.24) is 0 Å². The van der Waals surface area contributed by atoms with Crippen molar-refractivity contribution in [2.45, 2.75) is 59.8 Å². The van der Waals surface area contributed by atoms with E-state index in [2.05, 4.69) is 27.7 Å². The third kappa shape index (κ3) is 1.04. The first-order valence-corrected chi connectivity index (χ1v) is 7.00. The van der Waals surface area contributed by atoms with Gasteiger partial charge in [-0.1, -0.05) is 40.5 Å². The van der Waals surface area contributed by atoms with Gasteiger partial charge in [-0.3, -0.25) is 0 Å². The third-order valence-corrected chi connectivity index (χ3v) is 6.60. The van der Waals surface area contributed by atoms with E-state index >= 15 is 0 Å². The summed E-state index contributed by atoms with van der Waals surface area (Å²) >= 11 is 0. The fraction of sp³-hybridized carbons (Fsp3) is 1.00. The Morgan fingerprint density at radius 3 is 2.13 bits per heavy atom. The van der Waals surface area contributed by atoms with Crippen LogP contribution in [0.5, 0.6) is 0 Å². The van der Waals surface area contributed by atoms with Crippen LogP contribution in [-0.4, -0.2) is 0 Å². The van der Waals surface area contributed by atoms with E-state index in [1.807, 2.05) is 0 Å². The highest BCUT2D eigenvalue weighted by Gasteiger charge is 2.80. The summed E-state index contributed by atoms with van der Waals surface area (Å²) in [7, 11) is 0. The molecule has 86 valence electrons.